The largest absolute Gasteiger partial charge is 0.459 e. The van der Waals surface area contributed by atoms with E-state index < -0.39 is 10.0 Å². The van der Waals surface area contributed by atoms with Crippen LogP contribution in [0, 0.1) is 13.8 Å². The first-order valence-corrected chi connectivity index (χ1v) is 10.5. The highest BCUT2D eigenvalue weighted by Gasteiger charge is 2.18. The van der Waals surface area contributed by atoms with Gasteiger partial charge in [-0.2, -0.15) is 0 Å². The lowest BCUT2D eigenvalue weighted by Crippen LogP contribution is -2.34. The van der Waals surface area contributed by atoms with Crippen molar-refractivity contribution in [3.63, 3.8) is 0 Å². The highest BCUT2D eigenvalue weighted by Crippen LogP contribution is 2.29. The molecule has 9 heteroatoms. The van der Waals surface area contributed by atoms with Gasteiger partial charge in [0.2, 0.25) is 10.0 Å². The molecule has 0 atom stereocenters. The van der Waals surface area contributed by atoms with Gasteiger partial charge < -0.3 is 9.73 Å². The van der Waals surface area contributed by atoms with E-state index in [0.29, 0.717) is 21.3 Å². The first-order chi connectivity index (χ1) is 12.9. The van der Waals surface area contributed by atoms with Crippen LogP contribution in [0.2, 0.25) is 0 Å². The monoisotopic (exact) mass is 405 g/mol. The maximum absolute atomic E-state index is 12.4. The van der Waals surface area contributed by atoms with Crippen LogP contribution >= 0.6 is 11.3 Å². The fourth-order valence-corrected chi connectivity index (χ4v) is 4.38. The van der Waals surface area contributed by atoms with Crippen molar-refractivity contribution in [2.45, 2.75) is 18.7 Å². The highest BCUT2D eigenvalue weighted by molar-refractivity contribution is 7.89. The smallest absolute Gasteiger partial charge is 0.263 e. The maximum Gasteiger partial charge on any atom is 0.263 e. The quantitative estimate of drug-likeness (QED) is 0.589. The van der Waals surface area contributed by atoms with Crippen LogP contribution in [-0.4, -0.2) is 32.4 Å². The Balaban J connectivity index is 1.56. The van der Waals surface area contributed by atoms with Gasteiger partial charge in [0, 0.05) is 13.1 Å². The Hall–Kier alpha value is -2.49. The first kappa shape index (κ1) is 19.3. The lowest BCUT2D eigenvalue weighted by Gasteiger charge is -2.07. The fourth-order valence-electron chi connectivity index (χ4n) is 2.39. The zero-order chi connectivity index (χ0) is 19.4. The summed E-state index contributed by atoms with van der Waals surface area (Å²) >= 11 is 1.24. The van der Waals surface area contributed by atoms with Crippen molar-refractivity contribution in [2.24, 2.45) is 0 Å². The molecule has 7 nitrogen and oxygen atoms in total. The second-order valence-corrected chi connectivity index (χ2v) is 8.58. The summed E-state index contributed by atoms with van der Waals surface area (Å²) in [7, 11) is -3.58. The molecule has 0 unspecified atom stereocenters. The molecule has 0 aliphatic rings. The topological polar surface area (TPSA) is 101 Å². The Labute approximate surface area is 161 Å². The number of thiazole rings is 1. The zero-order valence-corrected chi connectivity index (χ0v) is 16.5. The fraction of sp³-hybridized carbons (Fsp3) is 0.222. The van der Waals surface area contributed by atoms with Gasteiger partial charge >= 0.3 is 0 Å². The zero-order valence-electron chi connectivity index (χ0n) is 14.9. The molecule has 2 aromatic heterocycles. The summed E-state index contributed by atoms with van der Waals surface area (Å²) < 4.78 is 32.2. The summed E-state index contributed by atoms with van der Waals surface area (Å²) in [5.41, 5.74) is 0.603. The molecule has 0 saturated carbocycles. The molecule has 0 bridgehead atoms. The standard InChI is InChI=1S/C18H19N3O4S2/c1-12-8-9-15(25-12)18-21-13(2)16(26-18)17(22)19-10-11-20-27(23,24)14-6-4-3-5-7-14/h3-9,20H,10-11H2,1-2H3,(H,19,22). The summed E-state index contributed by atoms with van der Waals surface area (Å²) in [5, 5.41) is 3.34. The molecule has 1 aromatic carbocycles. The Morgan fingerprint density at radius 3 is 2.52 bits per heavy atom. The van der Waals surface area contributed by atoms with Crippen LogP contribution in [0.15, 0.2) is 51.8 Å². The average Bonchev–Trinajstić information content (AvgIpc) is 3.25. The van der Waals surface area contributed by atoms with Crippen LogP contribution in [0.5, 0.6) is 0 Å². The molecule has 0 spiro atoms. The third-order valence-electron chi connectivity index (χ3n) is 3.71. The number of aromatic nitrogens is 1. The van der Waals surface area contributed by atoms with E-state index in [1.54, 1.807) is 25.1 Å². The number of carbonyl (C=O) groups is 1. The molecule has 27 heavy (non-hydrogen) atoms. The van der Waals surface area contributed by atoms with Gasteiger partial charge in [-0.15, -0.1) is 11.3 Å². The molecule has 0 aliphatic carbocycles. The number of amides is 1. The minimum absolute atomic E-state index is 0.0883. The number of nitrogens with zero attached hydrogens (tertiary/aromatic N) is 1. The van der Waals surface area contributed by atoms with Gasteiger partial charge in [0.25, 0.3) is 5.91 Å². The highest BCUT2D eigenvalue weighted by atomic mass is 32.2. The van der Waals surface area contributed by atoms with Gasteiger partial charge in [0.1, 0.15) is 10.6 Å². The van der Waals surface area contributed by atoms with E-state index in [-0.39, 0.29) is 23.9 Å². The molecule has 1 amide bonds. The summed E-state index contributed by atoms with van der Waals surface area (Å²) in [6, 6.07) is 11.7. The summed E-state index contributed by atoms with van der Waals surface area (Å²) in [6.45, 7) is 3.85. The average molecular weight is 406 g/mol. The van der Waals surface area contributed by atoms with Crippen LogP contribution in [0.1, 0.15) is 21.1 Å². The normalized spacial score (nSPS) is 11.5. The van der Waals surface area contributed by atoms with E-state index in [4.69, 9.17) is 4.42 Å². The SMILES string of the molecule is Cc1ccc(-c2nc(C)c(C(=O)NCCNS(=O)(=O)c3ccccc3)s2)o1. The number of aryl methyl sites for hydroxylation is 2. The number of hydrogen-bond acceptors (Lipinski definition) is 6. The molecule has 0 radical (unpaired) electrons. The number of nitrogens with one attached hydrogen (secondary N) is 2. The molecule has 3 rings (SSSR count). The molecule has 142 valence electrons. The number of sulfonamides is 1. The number of rotatable bonds is 7. The number of hydrogen-bond donors (Lipinski definition) is 2. The molecule has 3 aromatic rings. The van der Waals surface area contributed by atoms with E-state index in [9.17, 15) is 13.2 Å². The second kappa shape index (κ2) is 8.03. The Morgan fingerprint density at radius 2 is 1.85 bits per heavy atom. The van der Waals surface area contributed by atoms with Crippen molar-refractivity contribution in [3.8, 4) is 10.8 Å². The van der Waals surface area contributed by atoms with Crippen molar-refractivity contribution in [3.05, 3.63) is 58.8 Å². The van der Waals surface area contributed by atoms with Crippen LogP contribution in [0.25, 0.3) is 10.8 Å². The number of benzene rings is 1. The Bertz CT molecular complexity index is 1040. The minimum atomic E-state index is -3.58. The molecule has 0 aliphatic heterocycles. The second-order valence-electron chi connectivity index (χ2n) is 5.81. The van der Waals surface area contributed by atoms with E-state index in [0.717, 1.165) is 5.76 Å². The van der Waals surface area contributed by atoms with Gasteiger partial charge in [0.05, 0.1) is 10.6 Å². The van der Waals surface area contributed by atoms with Crippen molar-refractivity contribution < 1.29 is 17.6 Å². The van der Waals surface area contributed by atoms with Crippen LogP contribution < -0.4 is 10.0 Å². The number of carbonyl (C=O) groups excluding carboxylic acids is 1. The van der Waals surface area contributed by atoms with E-state index >= 15 is 0 Å². The molecule has 0 fully saturated rings. The van der Waals surface area contributed by atoms with Crippen LogP contribution in [-0.2, 0) is 10.0 Å². The van der Waals surface area contributed by atoms with Gasteiger partial charge in [0.15, 0.2) is 10.8 Å². The minimum Gasteiger partial charge on any atom is -0.459 e. The third kappa shape index (κ3) is 4.62. The van der Waals surface area contributed by atoms with Crippen LogP contribution in [0.3, 0.4) is 0 Å². The summed E-state index contributed by atoms with van der Waals surface area (Å²) in [4.78, 5) is 17.4. The van der Waals surface area contributed by atoms with Gasteiger partial charge in [-0.1, -0.05) is 18.2 Å². The van der Waals surface area contributed by atoms with E-state index in [1.165, 1.54) is 23.5 Å². The first-order valence-electron chi connectivity index (χ1n) is 8.24. The van der Waals surface area contributed by atoms with Crippen molar-refractivity contribution >= 4 is 27.3 Å². The lowest BCUT2D eigenvalue weighted by atomic mass is 10.3. The van der Waals surface area contributed by atoms with Gasteiger partial charge in [-0.05, 0) is 38.1 Å². The van der Waals surface area contributed by atoms with Gasteiger partial charge in [-0.3, -0.25) is 4.79 Å². The maximum atomic E-state index is 12.4. The Morgan fingerprint density at radius 1 is 1.11 bits per heavy atom. The summed E-state index contributed by atoms with van der Waals surface area (Å²) in [6.07, 6.45) is 0. The molecule has 0 saturated heterocycles. The van der Waals surface area contributed by atoms with Crippen molar-refractivity contribution in [2.75, 3.05) is 13.1 Å². The van der Waals surface area contributed by atoms with E-state index in [2.05, 4.69) is 15.0 Å². The Kier molecular flexibility index (Phi) is 5.73. The van der Waals surface area contributed by atoms with E-state index in [1.807, 2.05) is 19.1 Å². The predicted molar refractivity (Wildman–Crippen MR) is 103 cm³/mol. The third-order valence-corrected chi connectivity index (χ3v) is 6.36. The molecule has 2 heterocycles. The van der Waals surface area contributed by atoms with Crippen LogP contribution in [0.4, 0.5) is 0 Å². The summed E-state index contributed by atoms with van der Waals surface area (Å²) in [5.74, 6) is 1.10. The van der Waals surface area contributed by atoms with Gasteiger partial charge in [-0.25, -0.2) is 18.1 Å². The molecule has 2 N–H and O–H groups in total. The molecular formula is C18H19N3O4S2. The lowest BCUT2D eigenvalue weighted by molar-refractivity contribution is 0.0957. The number of furan rings is 1. The van der Waals surface area contributed by atoms with Crippen molar-refractivity contribution in [1.29, 1.82) is 0 Å². The van der Waals surface area contributed by atoms with Crippen molar-refractivity contribution in [1.82, 2.24) is 15.0 Å². The predicted octanol–water partition coefficient (Wildman–Crippen LogP) is 2.73. The molecular weight excluding hydrogens is 386 g/mol.